The lowest BCUT2D eigenvalue weighted by Gasteiger charge is -2.24. The molecule has 2 rings (SSSR count). The topological polar surface area (TPSA) is 46.0 Å². The highest BCUT2D eigenvalue weighted by Crippen LogP contribution is 2.16. The van der Waals surface area contributed by atoms with Crippen LogP contribution in [0.1, 0.15) is 26.7 Å². The Bertz CT molecular complexity index is 409. The fourth-order valence-electron chi connectivity index (χ4n) is 1.99. The van der Waals surface area contributed by atoms with Gasteiger partial charge in [0, 0.05) is 6.42 Å². The van der Waals surface area contributed by atoms with Gasteiger partial charge in [-0.05, 0) is 42.9 Å². The molecular weight excluding hydrogens is 230 g/mol. The third kappa shape index (κ3) is 3.84. The molecule has 0 saturated heterocycles. The molecular formula is C14H19NO3. The molecule has 0 aromatic heterocycles. The summed E-state index contributed by atoms with van der Waals surface area (Å²) < 4.78 is 0. The minimum atomic E-state index is -0.635. The van der Waals surface area contributed by atoms with E-state index in [0.717, 1.165) is 12.8 Å². The van der Waals surface area contributed by atoms with E-state index < -0.39 is 5.39 Å². The van der Waals surface area contributed by atoms with E-state index in [2.05, 4.69) is 6.92 Å². The average Bonchev–Trinajstić information content (AvgIpc) is 2.28. The van der Waals surface area contributed by atoms with Crippen LogP contribution in [0.25, 0.3) is 0 Å². The maximum atomic E-state index is 11.6. The van der Waals surface area contributed by atoms with Crippen LogP contribution in [0.15, 0.2) is 47.8 Å². The van der Waals surface area contributed by atoms with Crippen molar-refractivity contribution >= 4 is 0 Å². The highest BCUT2D eigenvalue weighted by molar-refractivity contribution is 5.19. The van der Waals surface area contributed by atoms with E-state index in [-0.39, 0.29) is 6.10 Å². The van der Waals surface area contributed by atoms with Crippen LogP contribution in [0.4, 0.5) is 0 Å². The minimum Gasteiger partial charge on any atom is -0.556 e. The second kappa shape index (κ2) is 6.00. The number of hydrogen-bond donors (Lipinski definition) is 1. The smallest absolute Gasteiger partial charge is 0.191 e. The molecule has 18 heavy (non-hydrogen) atoms. The van der Waals surface area contributed by atoms with Crippen molar-refractivity contribution in [3.8, 4) is 0 Å². The highest BCUT2D eigenvalue weighted by atomic mass is 17.1. The third-order valence-corrected chi connectivity index (χ3v) is 2.92. The summed E-state index contributed by atoms with van der Waals surface area (Å²) in [5.41, 5.74) is 1.20. The van der Waals surface area contributed by atoms with Gasteiger partial charge in [-0.25, -0.2) is 0 Å². The van der Waals surface area contributed by atoms with Gasteiger partial charge in [-0.15, -0.1) is 0 Å². The van der Waals surface area contributed by atoms with Gasteiger partial charge >= 0.3 is 0 Å². The zero-order valence-electron chi connectivity index (χ0n) is 10.8. The molecule has 3 unspecified atom stereocenters. The Kier molecular flexibility index (Phi) is 4.36. The van der Waals surface area contributed by atoms with Gasteiger partial charge in [-0.2, -0.15) is 4.84 Å². The molecule has 4 heteroatoms. The predicted molar refractivity (Wildman–Crippen MR) is 68.8 cm³/mol. The zero-order chi connectivity index (χ0) is 13.0. The number of allylic oxidation sites excluding steroid dienone is 5. The molecule has 0 aliphatic heterocycles. The molecule has 0 bridgehead atoms. The molecule has 2 aliphatic carbocycles. The molecule has 0 radical (unpaired) electrons. The summed E-state index contributed by atoms with van der Waals surface area (Å²) >= 11 is 0. The Hall–Kier alpha value is -1.36. The minimum absolute atomic E-state index is 0.215. The molecule has 3 atom stereocenters. The lowest BCUT2D eigenvalue weighted by Crippen LogP contribution is -3.05. The van der Waals surface area contributed by atoms with Crippen LogP contribution in [-0.2, 0) is 9.68 Å². The first-order valence-corrected chi connectivity index (χ1v) is 6.24. The number of quaternary nitrogens is 1. The Morgan fingerprint density at radius 1 is 1.44 bits per heavy atom. The first kappa shape index (κ1) is 13.1. The number of nitrogens with one attached hydrogen (secondary N) is 1. The summed E-state index contributed by atoms with van der Waals surface area (Å²) in [5.74, 6) is 0.975. The Labute approximate surface area is 107 Å². The average molecular weight is 249 g/mol. The fourth-order valence-corrected chi connectivity index (χ4v) is 1.99. The molecule has 0 aromatic rings. The van der Waals surface area contributed by atoms with Gasteiger partial charge in [-0.3, -0.25) is 4.84 Å². The van der Waals surface area contributed by atoms with Crippen molar-refractivity contribution < 1.29 is 15.1 Å². The normalized spacial score (nSPS) is 28.6. The van der Waals surface area contributed by atoms with Crippen LogP contribution < -0.4 is 5.39 Å². The van der Waals surface area contributed by atoms with E-state index in [1.54, 1.807) is 0 Å². The van der Waals surface area contributed by atoms with Gasteiger partial charge < -0.3 is 5.21 Å². The quantitative estimate of drug-likeness (QED) is 0.775. The van der Waals surface area contributed by atoms with Crippen molar-refractivity contribution in [2.24, 2.45) is 5.92 Å². The first-order chi connectivity index (χ1) is 8.63. The van der Waals surface area contributed by atoms with E-state index in [1.807, 2.05) is 43.4 Å². The van der Waals surface area contributed by atoms with Crippen molar-refractivity contribution in [1.82, 2.24) is 0 Å². The summed E-state index contributed by atoms with van der Waals surface area (Å²) in [7, 11) is 0. The summed E-state index contributed by atoms with van der Waals surface area (Å²) in [6.07, 6.45) is 13.0. The van der Waals surface area contributed by atoms with Crippen molar-refractivity contribution in [2.75, 3.05) is 0 Å². The van der Waals surface area contributed by atoms with Gasteiger partial charge in [0.15, 0.2) is 5.76 Å². The van der Waals surface area contributed by atoms with Crippen LogP contribution in [0.3, 0.4) is 0 Å². The molecule has 1 N–H and O–H groups in total. The van der Waals surface area contributed by atoms with Crippen LogP contribution in [0.2, 0.25) is 0 Å². The SMILES string of the molecule is CC1=CC=CC(O[NH+]([O-])OC2=CC(C)CC=C2)C1. The molecule has 2 aliphatic rings. The van der Waals surface area contributed by atoms with Crippen molar-refractivity contribution in [2.45, 2.75) is 32.8 Å². The third-order valence-electron chi connectivity index (χ3n) is 2.92. The molecule has 0 heterocycles. The Balaban J connectivity index is 1.82. The molecule has 4 nitrogen and oxygen atoms in total. The van der Waals surface area contributed by atoms with E-state index >= 15 is 0 Å². The van der Waals surface area contributed by atoms with Crippen molar-refractivity contribution in [3.63, 3.8) is 0 Å². The van der Waals surface area contributed by atoms with Gasteiger partial charge in [-0.1, -0.05) is 30.7 Å². The lowest BCUT2D eigenvalue weighted by atomic mass is 10.0. The highest BCUT2D eigenvalue weighted by Gasteiger charge is 2.16. The van der Waals surface area contributed by atoms with E-state index in [1.165, 1.54) is 5.57 Å². The van der Waals surface area contributed by atoms with Crippen molar-refractivity contribution in [1.29, 1.82) is 0 Å². The molecule has 0 saturated carbocycles. The first-order valence-electron chi connectivity index (χ1n) is 6.24. The standard InChI is InChI=1S/C14H19NO3/c1-11-5-3-7-13(9-11)17-15(16)18-14-8-4-6-12(2)10-14/h3-5,7-8,10,12-13,15H,6,9H2,1-2H3. The maximum absolute atomic E-state index is 11.6. The second-order valence-electron chi connectivity index (χ2n) is 4.79. The summed E-state index contributed by atoms with van der Waals surface area (Å²) in [4.78, 5) is 10.4. The fraction of sp³-hybridized carbons (Fsp3) is 0.429. The monoisotopic (exact) mass is 249 g/mol. The largest absolute Gasteiger partial charge is 0.556 e. The molecule has 0 fully saturated rings. The summed E-state index contributed by atoms with van der Waals surface area (Å²) in [6.45, 7) is 4.09. The van der Waals surface area contributed by atoms with E-state index in [9.17, 15) is 5.21 Å². The Morgan fingerprint density at radius 3 is 3.00 bits per heavy atom. The molecule has 98 valence electrons. The predicted octanol–water partition coefficient (Wildman–Crippen LogP) is 1.99. The van der Waals surface area contributed by atoms with Crippen LogP contribution >= 0.6 is 0 Å². The van der Waals surface area contributed by atoms with E-state index in [4.69, 9.17) is 9.68 Å². The van der Waals surface area contributed by atoms with Gasteiger partial charge in [0.1, 0.15) is 6.10 Å². The molecule has 0 amide bonds. The Morgan fingerprint density at radius 2 is 2.28 bits per heavy atom. The summed E-state index contributed by atoms with van der Waals surface area (Å²) in [5, 5.41) is 11.0. The molecule has 0 aromatic carbocycles. The van der Waals surface area contributed by atoms with Gasteiger partial charge in [0.05, 0.1) is 0 Å². The van der Waals surface area contributed by atoms with Crippen LogP contribution in [-0.4, -0.2) is 6.10 Å². The second-order valence-corrected chi connectivity index (χ2v) is 4.79. The van der Waals surface area contributed by atoms with Crippen LogP contribution in [0, 0.1) is 11.1 Å². The lowest BCUT2D eigenvalue weighted by molar-refractivity contribution is -1.20. The number of rotatable bonds is 4. The van der Waals surface area contributed by atoms with Crippen LogP contribution in [0.5, 0.6) is 0 Å². The maximum Gasteiger partial charge on any atom is 0.191 e. The van der Waals surface area contributed by atoms with Crippen molar-refractivity contribution in [3.05, 3.63) is 53.0 Å². The number of hydrogen-bond acceptors (Lipinski definition) is 3. The van der Waals surface area contributed by atoms with E-state index in [0.29, 0.717) is 11.7 Å². The molecule has 0 spiro atoms. The summed E-state index contributed by atoms with van der Waals surface area (Å²) in [6, 6.07) is 0. The van der Waals surface area contributed by atoms with Gasteiger partial charge in [0.2, 0.25) is 0 Å². The van der Waals surface area contributed by atoms with Gasteiger partial charge in [0.25, 0.3) is 0 Å². The zero-order valence-corrected chi connectivity index (χ0v) is 10.8.